The summed E-state index contributed by atoms with van der Waals surface area (Å²) in [4.78, 5) is 4.41. The Morgan fingerprint density at radius 2 is 1.38 bits per heavy atom. The first-order valence-corrected chi connectivity index (χ1v) is 8.67. The third kappa shape index (κ3) is 4.26. The summed E-state index contributed by atoms with van der Waals surface area (Å²) in [5.41, 5.74) is 1.57. The average Bonchev–Trinajstić information content (AvgIpc) is 3.25. The molecule has 0 saturated carbocycles. The number of aromatic nitrogens is 2. The summed E-state index contributed by atoms with van der Waals surface area (Å²) in [6.07, 6.45) is 3.56. The van der Waals surface area contributed by atoms with Gasteiger partial charge in [-0.05, 0) is 35.9 Å². The van der Waals surface area contributed by atoms with Crippen LogP contribution in [-0.2, 0) is 0 Å². The van der Waals surface area contributed by atoms with Crippen molar-refractivity contribution < 1.29 is 28.2 Å². The van der Waals surface area contributed by atoms with E-state index >= 15 is 0 Å². The fraction of sp³-hybridized carbons (Fsp3) is 0.238. The fourth-order valence-electron chi connectivity index (χ4n) is 2.75. The third-order valence-electron chi connectivity index (χ3n) is 4.19. The Kier molecular flexibility index (Phi) is 6.23. The number of rotatable bonds is 8. The maximum Gasteiger partial charge on any atom is 0.250 e. The largest absolute Gasteiger partial charge is 0.493 e. The van der Waals surface area contributed by atoms with Crippen molar-refractivity contribution >= 4 is 12.2 Å². The summed E-state index contributed by atoms with van der Waals surface area (Å²) in [6.45, 7) is 0. The van der Waals surface area contributed by atoms with Crippen LogP contribution >= 0.6 is 0 Å². The van der Waals surface area contributed by atoms with E-state index in [0.717, 1.165) is 5.56 Å². The highest BCUT2D eigenvalue weighted by Gasteiger charge is 2.17. The summed E-state index contributed by atoms with van der Waals surface area (Å²) in [7, 11) is 7.83. The summed E-state index contributed by atoms with van der Waals surface area (Å²) >= 11 is 0. The summed E-state index contributed by atoms with van der Waals surface area (Å²) in [5.74, 6) is 3.56. The van der Waals surface area contributed by atoms with Gasteiger partial charge in [-0.3, -0.25) is 0 Å². The highest BCUT2D eigenvalue weighted by molar-refractivity contribution is 5.70. The molecule has 8 heteroatoms. The number of ether oxygens (including phenoxy) is 5. The van der Waals surface area contributed by atoms with Crippen molar-refractivity contribution in [1.82, 2.24) is 10.1 Å². The standard InChI is InChI=1S/C21H22N2O6/c1-24-15-8-6-13(10-16(15)25-2)7-9-19-22-21(23-29-19)14-11-17(26-3)20(28-5)18(12-14)27-4/h6-12H,1-5H3/b9-7+. The third-order valence-corrected chi connectivity index (χ3v) is 4.19. The average molecular weight is 398 g/mol. The number of benzene rings is 2. The number of hydrogen-bond donors (Lipinski definition) is 0. The molecule has 1 heterocycles. The van der Waals surface area contributed by atoms with Crippen LogP contribution in [-0.4, -0.2) is 45.7 Å². The molecule has 0 atom stereocenters. The minimum absolute atomic E-state index is 0.350. The lowest BCUT2D eigenvalue weighted by Crippen LogP contribution is -1.96. The van der Waals surface area contributed by atoms with E-state index in [4.69, 9.17) is 28.2 Å². The minimum atomic E-state index is 0.350. The summed E-state index contributed by atoms with van der Waals surface area (Å²) < 4.78 is 31.9. The maximum absolute atomic E-state index is 5.37. The maximum atomic E-state index is 5.37. The monoisotopic (exact) mass is 398 g/mol. The van der Waals surface area contributed by atoms with Crippen molar-refractivity contribution in [2.24, 2.45) is 0 Å². The molecule has 0 aliphatic carbocycles. The van der Waals surface area contributed by atoms with Crippen LogP contribution in [0.2, 0.25) is 0 Å². The molecule has 152 valence electrons. The number of hydrogen-bond acceptors (Lipinski definition) is 8. The zero-order chi connectivity index (χ0) is 20.8. The van der Waals surface area contributed by atoms with Gasteiger partial charge in [0.05, 0.1) is 35.5 Å². The Labute approximate surface area is 168 Å². The lowest BCUT2D eigenvalue weighted by atomic mass is 10.1. The van der Waals surface area contributed by atoms with Crippen LogP contribution in [0.3, 0.4) is 0 Å². The van der Waals surface area contributed by atoms with Gasteiger partial charge in [-0.2, -0.15) is 4.98 Å². The molecule has 0 aliphatic rings. The van der Waals surface area contributed by atoms with E-state index < -0.39 is 0 Å². The van der Waals surface area contributed by atoms with E-state index in [0.29, 0.717) is 46.0 Å². The molecule has 29 heavy (non-hydrogen) atoms. The Morgan fingerprint density at radius 3 is 1.97 bits per heavy atom. The van der Waals surface area contributed by atoms with Gasteiger partial charge in [-0.15, -0.1) is 0 Å². The van der Waals surface area contributed by atoms with Crippen LogP contribution in [0.4, 0.5) is 0 Å². The van der Waals surface area contributed by atoms with E-state index in [1.807, 2.05) is 24.3 Å². The SMILES string of the molecule is COc1ccc(/C=C/c2nc(-c3cc(OC)c(OC)c(OC)c3)no2)cc1OC. The molecular formula is C21H22N2O6. The Bertz CT molecular complexity index is 987. The van der Waals surface area contributed by atoms with Crippen molar-refractivity contribution in [3.63, 3.8) is 0 Å². The van der Waals surface area contributed by atoms with E-state index in [2.05, 4.69) is 10.1 Å². The molecule has 0 fully saturated rings. The van der Waals surface area contributed by atoms with E-state index in [-0.39, 0.29) is 0 Å². The molecule has 3 rings (SSSR count). The molecule has 8 nitrogen and oxygen atoms in total. The minimum Gasteiger partial charge on any atom is -0.493 e. The molecule has 0 N–H and O–H groups in total. The van der Waals surface area contributed by atoms with Gasteiger partial charge < -0.3 is 28.2 Å². The van der Waals surface area contributed by atoms with Crippen molar-refractivity contribution in [3.8, 4) is 40.1 Å². The second-order valence-electron chi connectivity index (χ2n) is 5.82. The van der Waals surface area contributed by atoms with Crippen molar-refractivity contribution in [3.05, 3.63) is 41.8 Å². The predicted octanol–water partition coefficient (Wildman–Crippen LogP) is 3.95. The normalized spacial score (nSPS) is 10.8. The second-order valence-corrected chi connectivity index (χ2v) is 5.82. The Morgan fingerprint density at radius 1 is 0.724 bits per heavy atom. The van der Waals surface area contributed by atoms with E-state index in [1.54, 1.807) is 53.8 Å². The van der Waals surface area contributed by atoms with Gasteiger partial charge >= 0.3 is 0 Å². The van der Waals surface area contributed by atoms with E-state index in [9.17, 15) is 0 Å². The molecule has 0 spiro atoms. The molecule has 0 amide bonds. The zero-order valence-corrected chi connectivity index (χ0v) is 16.9. The lowest BCUT2D eigenvalue weighted by Gasteiger charge is -2.12. The molecular weight excluding hydrogens is 376 g/mol. The van der Waals surface area contributed by atoms with Crippen molar-refractivity contribution in [1.29, 1.82) is 0 Å². The second kappa shape index (κ2) is 9.01. The summed E-state index contributed by atoms with van der Waals surface area (Å²) in [5, 5.41) is 4.03. The van der Waals surface area contributed by atoms with Gasteiger partial charge in [0.2, 0.25) is 11.6 Å². The van der Waals surface area contributed by atoms with Gasteiger partial charge in [-0.1, -0.05) is 11.2 Å². The van der Waals surface area contributed by atoms with Crippen LogP contribution in [0.5, 0.6) is 28.7 Å². The Balaban J connectivity index is 1.87. The number of methoxy groups -OCH3 is 5. The van der Waals surface area contributed by atoms with Crippen LogP contribution in [0.1, 0.15) is 11.5 Å². The van der Waals surface area contributed by atoms with Gasteiger partial charge in [0.1, 0.15) is 0 Å². The summed E-state index contributed by atoms with van der Waals surface area (Å²) in [6, 6.07) is 9.09. The fourth-order valence-corrected chi connectivity index (χ4v) is 2.75. The van der Waals surface area contributed by atoms with Crippen molar-refractivity contribution in [2.45, 2.75) is 0 Å². The molecule has 0 unspecified atom stereocenters. The smallest absolute Gasteiger partial charge is 0.250 e. The lowest BCUT2D eigenvalue weighted by molar-refractivity contribution is 0.324. The Hall–Kier alpha value is -3.68. The quantitative estimate of drug-likeness (QED) is 0.564. The van der Waals surface area contributed by atoms with Crippen LogP contribution in [0, 0.1) is 0 Å². The molecule has 0 aliphatic heterocycles. The molecule has 0 saturated heterocycles. The zero-order valence-electron chi connectivity index (χ0n) is 16.9. The molecule has 0 bridgehead atoms. The van der Waals surface area contributed by atoms with E-state index in [1.165, 1.54) is 0 Å². The predicted molar refractivity (Wildman–Crippen MR) is 108 cm³/mol. The molecule has 2 aromatic carbocycles. The van der Waals surface area contributed by atoms with Gasteiger partial charge in [0.15, 0.2) is 23.0 Å². The first-order valence-electron chi connectivity index (χ1n) is 8.67. The number of nitrogens with zero attached hydrogens (tertiary/aromatic N) is 2. The molecule has 0 radical (unpaired) electrons. The first-order chi connectivity index (χ1) is 14.1. The topological polar surface area (TPSA) is 85.1 Å². The van der Waals surface area contributed by atoms with Crippen LogP contribution in [0.25, 0.3) is 23.5 Å². The van der Waals surface area contributed by atoms with Crippen LogP contribution < -0.4 is 23.7 Å². The van der Waals surface area contributed by atoms with Gasteiger partial charge in [0.25, 0.3) is 5.89 Å². The highest BCUT2D eigenvalue weighted by Crippen LogP contribution is 2.40. The van der Waals surface area contributed by atoms with Crippen molar-refractivity contribution in [2.75, 3.05) is 35.5 Å². The van der Waals surface area contributed by atoms with Gasteiger partial charge in [0, 0.05) is 11.6 Å². The van der Waals surface area contributed by atoms with Crippen LogP contribution in [0.15, 0.2) is 34.9 Å². The highest BCUT2D eigenvalue weighted by atomic mass is 16.5. The first kappa shape index (κ1) is 20.1. The molecule has 1 aromatic heterocycles. The van der Waals surface area contributed by atoms with Gasteiger partial charge in [-0.25, -0.2) is 0 Å². The molecule has 3 aromatic rings.